The van der Waals surface area contributed by atoms with Gasteiger partial charge in [0, 0.05) is 26.4 Å². The summed E-state index contributed by atoms with van der Waals surface area (Å²) in [5, 5.41) is 0. The van der Waals surface area contributed by atoms with E-state index in [1.807, 2.05) is 0 Å². The van der Waals surface area contributed by atoms with Crippen LogP contribution in [-0.2, 0) is 27.9 Å². The van der Waals surface area contributed by atoms with Gasteiger partial charge in [0.25, 0.3) is 0 Å². The lowest BCUT2D eigenvalue weighted by molar-refractivity contribution is -0.880. The van der Waals surface area contributed by atoms with Crippen molar-refractivity contribution in [1.29, 1.82) is 0 Å². The molecule has 0 aromatic carbocycles. The number of nitrogens with zero attached hydrogens (tertiary/aromatic N) is 1. The average Bonchev–Trinajstić information content (AvgIpc) is 3.33. The lowest BCUT2D eigenvalue weighted by Gasteiger charge is -2.32. The number of hydrogen-bond donors (Lipinski definition) is 1. The molecule has 1 rings (SSSR count). The molecule has 1 heterocycles. The third-order valence-electron chi connectivity index (χ3n) is 7.86. The van der Waals surface area contributed by atoms with Crippen molar-refractivity contribution in [3.63, 3.8) is 0 Å². The molecule has 9 heteroatoms. The first-order valence-electron chi connectivity index (χ1n) is 15.7. The topological polar surface area (TPSA) is 91.3 Å². The highest BCUT2D eigenvalue weighted by molar-refractivity contribution is 7.47. The highest BCUT2D eigenvalue weighted by Crippen LogP contribution is 2.45. The number of phosphoric ester groups is 1. The highest BCUT2D eigenvalue weighted by Gasteiger charge is 2.36. The van der Waals surface area contributed by atoms with Crippen molar-refractivity contribution in [2.24, 2.45) is 0 Å². The molecule has 0 aromatic heterocycles. The van der Waals surface area contributed by atoms with Gasteiger partial charge in [0.2, 0.25) is 0 Å². The molecule has 1 saturated heterocycles. The summed E-state index contributed by atoms with van der Waals surface area (Å²) in [6.45, 7) is 11.0. The second-order valence-corrected chi connectivity index (χ2v) is 12.4. The van der Waals surface area contributed by atoms with E-state index in [1.165, 1.54) is 90.2 Å². The zero-order chi connectivity index (χ0) is 28.8. The molecule has 0 saturated carbocycles. The quantitative estimate of drug-likeness (QED) is 0.0387. The lowest BCUT2D eigenvalue weighted by Crippen LogP contribution is -2.43. The Morgan fingerprint density at radius 2 is 1.44 bits per heavy atom. The molecule has 1 aliphatic heterocycles. The molecule has 2 unspecified atom stereocenters. The van der Waals surface area contributed by atoms with Crippen molar-refractivity contribution < 1.29 is 37.3 Å². The van der Waals surface area contributed by atoms with E-state index in [4.69, 9.17) is 18.5 Å². The van der Waals surface area contributed by atoms with Crippen LogP contribution < -0.4 is 0 Å². The SMILES string of the molecule is CCCCCCCCCCCCCCCCOCC(COP(=O)(O)OC=C1CCC[N+]1(CC)CC)OC(C)=O. The molecule has 1 fully saturated rings. The minimum Gasteiger partial charge on any atom is -0.458 e. The molecular weight excluding hydrogens is 517 g/mol. The van der Waals surface area contributed by atoms with E-state index in [0.717, 1.165) is 55.5 Å². The van der Waals surface area contributed by atoms with Gasteiger partial charge in [-0.05, 0) is 20.3 Å². The van der Waals surface area contributed by atoms with Crippen LogP contribution in [0.1, 0.15) is 130 Å². The summed E-state index contributed by atoms with van der Waals surface area (Å²) in [5.41, 5.74) is 1.01. The molecule has 0 aliphatic carbocycles. The van der Waals surface area contributed by atoms with Gasteiger partial charge in [-0.25, -0.2) is 4.57 Å². The van der Waals surface area contributed by atoms with Crippen LogP contribution in [0.3, 0.4) is 0 Å². The van der Waals surface area contributed by atoms with Crippen LogP contribution in [0.2, 0.25) is 0 Å². The van der Waals surface area contributed by atoms with E-state index in [-0.39, 0.29) is 13.2 Å². The molecule has 1 aliphatic rings. The van der Waals surface area contributed by atoms with Gasteiger partial charge < -0.3 is 14.0 Å². The van der Waals surface area contributed by atoms with Crippen LogP contribution in [0, 0.1) is 0 Å². The molecular formula is C30H59NO7P+. The van der Waals surface area contributed by atoms with Crippen LogP contribution in [0.4, 0.5) is 0 Å². The van der Waals surface area contributed by atoms with Gasteiger partial charge in [-0.3, -0.25) is 18.7 Å². The van der Waals surface area contributed by atoms with E-state index in [9.17, 15) is 14.3 Å². The summed E-state index contributed by atoms with van der Waals surface area (Å²) in [5.74, 6) is -0.488. The van der Waals surface area contributed by atoms with E-state index >= 15 is 0 Å². The molecule has 0 radical (unpaired) electrons. The number of rotatable bonds is 25. The smallest absolute Gasteiger partial charge is 0.458 e. The minimum absolute atomic E-state index is 0.116. The summed E-state index contributed by atoms with van der Waals surface area (Å²) in [6, 6.07) is 0. The number of allylic oxidation sites excluding steroid dienone is 1. The van der Waals surface area contributed by atoms with Gasteiger partial charge in [-0.15, -0.1) is 0 Å². The first-order valence-corrected chi connectivity index (χ1v) is 17.2. The maximum absolute atomic E-state index is 12.5. The summed E-state index contributed by atoms with van der Waals surface area (Å²) in [4.78, 5) is 21.6. The Kier molecular flexibility index (Phi) is 20.2. The van der Waals surface area contributed by atoms with Crippen molar-refractivity contribution >= 4 is 13.8 Å². The van der Waals surface area contributed by atoms with Crippen molar-refractivity contribution in [1.82, 2.24) is 0 Å². The van der Waals surface area contributed by atoms with Crippen molar-refractivity contribution in [3.8, 4) is 0 Å². The van der Waals surface area contributed by atoms with Crippen LogP contribution >= 0.6 is 7.82 Å². The van der Waals surface area contributed by atoms with Gasteiger partial charge in [0.05, 0.1) is 32.8 Å². The zero-order valence-electron chi connectivity index (χ0n) is 25.5. The third-order valence-corrected chi connectivity index (χ3v) is 8.71. The summed E-state index contributed by atoms with van der Waals surface area (Å²) >= 11 is 0. The van der Waals surface area contributed by atoms with Gasteiger partial charge in [-0.2, -0.15) is 0 Å². The molecule has 230 valence electrons. The Balaban J connectivity index is 2.17. The Hall–Kier alpha value is -0.920. The van der Waals surface area contributed by atoms with E-state index in [0.29, 0.717) is 6.61 Å². The number of ether oxygens (including phenoxy) is 2. The first-order chi connectivity index (χ1) is 18.8. The minimum atomic E-state index is -4.33. The standard InChI is InChI=1S/C30H58NO7P/c1-5-8-9-10-11-12-13-14-15-16-17-18-19-20-24-35-26-30(38-28(4)32)27-37-39(33,34)36-25-29-22-21-23-31(29,6-2)7-3/h25,30H,5-24,26-27H2,1-4H3/p+1. The number of phosphoric acid groups is 1. The third kappa shape index (κ3) is 16.8. The number of hydrogen-bond acceptors (Lipinski definition) is 6. The lowest BCUT2D eigenvalue weighted by atomic mass is 10.0. The number of carbonyl (C=O) groups excluding carboxylic acids is 1. The Morgan fingerprint density at radius 1 is 0.897 bits per heavy atom. The monoisotopic (exact) mass is 576 g/mol. The highest BCUT2D eigenvalue weighted by atomic mass is 31.2. The normalized spacial score (nSPS) is 18.2. The van der Waals surface area contributed by atoms with Crippen LogP contribution in [-0.4, -0.2) is 60.9 Å². The predicted octanol–water partition coefficient (Wildman–Crippen LogP) is 8.04. The predicted molar refractivity (Wildman–Crippen MR) is 157 cm³/mol. The Bertz CT molecular complexity index is 711. The van der Waals surface area contributed by atoms with Gasteiger partial charge in [0.15, 0.2) is 6.26 Å². The summed E-state index contributed by atoms with van der Waals surface area (Å²) in [7, 11) is -4.33. The molecule has 0 aromatic rings. The van der Waals surface area contributed by atoms with E-state index in [1.54, 1.807) is 0 Å². The number of esters is 1. The molecule has 0 bridgehead atoms. The number of unbranched alkanes of at least 4 members (excludes halogenated alkanes) is 13. The molecule has 39 heavy (non-hydrogen) atoms. The fourth-order valence-corrected chi connectivity index (χ4v) is 6.03. The average molecular weight is 577 g/mol. The summed E-state index contributed by atoms with van der Waals surface area (Å²) < 4.78 is 34.5. The second-order valence-electron chi connectivity index (χ2n) is 11.0. The number of likely N-dealkylation sites (tertiary alicyclic amines) is 1. The van der Waals surface area contributed by atoms with Gasteiger partial charge in [-0.1, -0.05) is 90.4 Å². The first kappa shape index (κ1) is 36.1. The molecule has 2 atom stereocenters. The van der Waals surface area contributed by atoms with Crippen LogP contribution in [0.15, 0.2) is 12.0 Å². The number of carbonyl (C=O) groups is 1. The number of quaternary nitrogens is 1. The molecule has 0 spiro atoms. The van der Waals surface area contributed by atoms with Crippen molar-refractivity contribution in [3.05, 3.63) is 12.0 Å². The largest absolute Gasteiger partial charge is 0.527 e. The summed E-state index contributed by atoms with van der Waals surface area (Å²) in [6.07, 6.45) is 20.7. The molecule has 8 nitrogen and oxygen atoms in total. The van der Waals surface area contributed by atoms with Gasteiger partial charge >= 0.3 is 13.8 Å². The Labute approximate surface area is 239 Å². The zero-order valence-corrected chi connectivity index (χ0v) is 26.4. The molecule has 0 amide bonds. The Morgan fingerprint density at radius 3 is 1.95 bits per heavy atom. The van der Waals surface area contributed by atoms with E-state index < -0.39 is 19.9 Å². The maximum Gasteiger partial charge on any atom is 0.527 e. The van der Waals surface area contributed by atoms with Crippen LogP contribution in [0.5, 0.6) is 0 Å². The van der Waals surface area contributed by atoms with E-state index in [2.05, 4.69) is 20.8 Å². The molecule has 1 N–H and O–H groups in total. The maximum atomic E-state index is 12.5. The van der Waals surface area contributed by atoms with Gasteiger partial charge in [0.1, 0.15) is 11.8 Å². The second kappa shape index (κ2) is 21.8. The van der Waals surface area contributed by atoms with Crippen molar-refractivity contribution in [2.45, 2.75) is 137 Å². The fraction of sp³-hybridized carbons (Fsp3) is 0.900. The van der Waals surface area contributed by atoms with Crippen LogP contribution in [0.25, 0.3) is 0 Å². The van der Waals surface area contributed by atoms with Crippen molar-refractivity contribution in [2.75, 3.05) is 39.5 Å². The fourth-order valence-electron chi connectivity index (χ4n) is 5.36.